The summed E-state index contributed by atoms with van der Waals surface area (Å²) >= 11 is 7.38. The highest BCUT2D eigenvalue weighted by Crippen LogP contribution is 2.30. The van der Waals surface area contributed by atoms with Crippen molar-refractivity contribution in [1.82, 2.24) is 0 Å². The van der Waals surface area contributed by atoms with Gasteiger partial charge in [0.05, 0.1) is 16.0 Å². The van der Waals surface area contributed by atoms with Gasteiger partial charge in [-0.15, -0.1) is 11.8 Å². The molecule has 1 N–H and O–H groups in total. The Balaban J connectivity index is 2.03. The molecule has 1 atom stereocenters. The first kappa shape index (κ1) is 14.9. The summed E-state index contributed by atoms with van der Waals surface area (Å²) < 4.78 is 13.5. The van der Waals surface area contributed by atoms with Gasteiger partial charge in [-0.05, 0) is 31.2 Å². The van der Waals surface area contributed by atoms with Gasteiger partial charge in [0.2, 0.25) is 5.91 Å². The van der Waals surface area contributed by atoms with Crippen molar-refractivity contribution in [2.24, 2.45) is 0 Å². The lowest BCUT2D eigenvalue weighted by Gasteiger charge is -2.13. The van der Waals surface area contributed by atoms with Crippen LogP contribution in [0.15, 0.2) is 53.4 Å². The maximum absolute atomic E-state index is 13.5. The quantitative estimate of drug-likeness (QED) is 0.836. The van der Waals surface area contributed by atoms with Gasteiger partial charge in [-0.3, -0.25) is 4.79 Å². The van der Waals surface area contributed by atoms with Crippen LogP contribution in [0.2, 0.25) is 5.02 Å². The lowest BCUT2D eigenvalue weighted by Crippen LogP contribution is -2.22. The fourth-order valence-corrected chi connectivity index (χ4v) is 2.74. The zero-order chi connectivity index (χ0) is 14.5. The number of nitrogens with one attached hydrogen (secondary N) is 1. The second-order valence-electron chi connectivity index (χ2n) is 4.16. The average molecular weight is 310 g/mol. The van der Waals surface area contributed by atoms with E-state index >= 15 is 0 Å². The van der Waals surface area contributed by atoms with Gasteiger partial charge < -0.3 is 5.32 Å². The van der Waals surface area contributed by atoms with Crippen molar-refractivity contribution >= 4 is 35.0 Å². The molecule has 0 unspecified atom stereocenters. The van der Waals surface area contributed by atoms with Crippen molar-refractivity contribution in [2.45, 2.75) is 17.1 Å². The maximum Gasteiger partial charge on any atom is 0.237 e. The highest BCUT2D eigenvalue weighted by Gasteiger charge is 2.16. The maximum atomic E-state index is 13.5. The zero-order valence-corrected chi connectivity index (χ0v) is 12.3. The van der Waals surface area contributed by atoms with Crippen LogP contribution in [0.4, 0.5) is 10.1 Å². The number of rotatable bonds is 4. The van der Waals surface area contributed by atoms with Crippen molar-refractivity contribution < 1.29 is 9.18 Å². The monoisotopic (exact) mass is 309 g/mol. The lowest BCUT2D eigenvalue weighted by molar-refractivity contribution is -0.115. The molecular formula is C15H13ClFNOS. The summed E-state index contributed by atoms with van der Waals surface area (Å²) in [5, 5.41) is 2.79. The fourth-order valence-electron chi connectivity index (χ4n) is 1.58. The fraction of sp³-hybridized carbons (Fsp3) is 0.133. The first-order valence-corrected chi connectivity index (χ1v) is 7.30. The molecule has 0 spiro atoms. The number of anilines is 1. The molecule has 0 heterocycles. The van der Waals surface area contributed by atoms with Crippen LogP contribution >= 0.6 is 23.4 Å². The molecule has 5 heteroatoms. The number of carbonyl (C=O) groups excluding carboxylic acids is 1. The topological polar surface area (TPSA) is 29.1 Å². The predicted octanol–water partition coefficient (Wildman–Crippen LogP) is 4.60. The molecule has 2 aromatic rings. The van der Waals surface area contributed by atoms with Gasteiger partial charge >= 0.3 is 0 Å². The number of hydrogen-bond acceptors (Lipinski definition) is 2. The standard InChI is InChI=1S/C15H13ClFNOS/c1-10(20-14-9-5-2-6-11(14)16)15(19)18-13-8-4-3-7-12(13)17/h2-10H,1H3,(H,18,19)/t10-/m1/s1. The van der Waals surface area contributed by atoms with Gasteiger partial charge in [-0.1, -0.05) is 35.9 Å². The van der Waals surface area contributed by atoms with E-state index in [-0.39, 0.29) is 16.8 Å². The molecule has 104 valence electrons. The zero-order valence-electron chi connectivity index (χ0n) is 10.8. The number of hydrogen-bond donors (Lipinski definition) is 1. The van der Waals surface area contributed by atoms with E-state index in [9.17, 15) is 9.18 Å². The lowest BCUT2D eigenvalue weighted by atomic mass is 10.3. The molecule has 0 saturated carbocycles. The highest BCUT2D eigenvalue weighted by molar-refractivity contribution is 8.00. The Kier molecular flexibility index (Phi) is 5.04. The molecule has 0 aromatic heterocycles. The molecule has 20 heavy (non-hydrogen) atoms. The van der Waals surface area contributed by atoms with Crippen LogP contribution in [0, 0.1) is 5.82 Å². The Morgan fingerprint density at radius 2 is 1.85 bits per heavy atom. The van der Waals surface area contributed by atoms with Gasteiger partial charge in [0.15, 0.2) is 0 Å². The third-order valence-electron chi connectivity index (χ3n) is 2.64. The van der Waals surface area contributed by atoms with Crippen LogP contribution in [0.25, 0.3) is 0 Å². The Hall–Kier alpha value is -1.52. The Morgan fingerprint density at radius 3 is 2.55 bits per heavy atom. The van der Waals surface area contributed by atoms with Crippen molar-refractivity contribution in [1.29, 1.82) is 0 Å². The van der Waals surface area contributed by atoms with Gasteiger partial charge in [0.1, 0.15) is 5.82 Å². The summed E-state index contributed by atoms with van der Waals surface area (Å²) in [6, 6.07) is 13.4. The van der Waals surface area contributed by atoms with Crippen molar-refractivity contribution in [3.8, 4) is 0 Å². The molecular weight excluding hydrogens is 297 g/mol. The van der Waals surface area contributed by atoms with E-state index in [1.54, 1.807) is 25.1 Å². The molecule has 2 nitrogen and oxygen atoms in total. The third-order valence-corrected chi connectivity index (χ3v) is 4.26. The molecule has 0 saturated heterocycles. The average Bonchev–Trinajstić information content (AvgIpc) is 2.43. The van der Waals surface area contributed by atoms with Crippen molar-refractivity contribution in [3.63, 3.8) is 0 Å². The minimum atomic E-state index is -0.448. The summed E-state index contributed by atoms with van der Waals surface area (Å²) in [7, 11) is 0. The first-order chi connectivity index (χ1) is 9.58. The third kappa shape index (κ3) is 3.74. The number of halogens is 2. The second kappa shape index (κ2) is 6.77. The van der Waals surface area contributed by atoms with E-state index in [0.29, 0.717) is 5.02 Å². The van der Waals surface area contributed by atoms with Gasteiger partial charge in [-0.2, -0.15) is 0 Å². The van der Waals surface area contributed by atoms with E-state index in [1.165, 1.54) is 23.9 Å². The number of para-hydroxylation sites is 1. The van der Waals surface area contributed by atoms with E-state index in [2.05, 4.69) is 5.32 Å². The van der Waals surface area contributed by atoms with E-state index in [4.69, 9.17) is 11.6 Å². The largest absolute Gasteiger partial charge is 0.323 e. The van der Waals surface area contributed by atoms with Crippen LogP contribution in [0.1, 0.15) is 6.92 Å². The summed E-state index contributed by atoms with van der Waals surface area (Å²) in [6.45, 7) is 1.75. The van der Waals surface area contributed by atoms with E-state index in [1.807, 2.05) is 18.2 Å². The van der Waals surface area contributed by atoms with Crippen LogP contribution < -0.4 is 5.32 Å². The van der Waals surface area contributed by atoms with E-state index < -0.39 is 5.82 Å². The summed E-state index contributed by atoms with van der Waals surface area (Å²) in [5.74, 6) is -0.712. The molecule has 0 aliphatic heterocycles. The van der Waals surface area contributed by atoms with Crippen LogP contribution in [-0.4, -0.2) is 11.2 Å². The number of amides is 1. The molecule has 2 rings (SSSR count). The minimum absolute atomic E-state index is 0.184. The summed E-state index contributed by atoms with van der Waals surface area (Å²) in [4.78, 5) is 12.9. The predicted molar refractivity (Wildman–Crippen MR) is 81.8 cm³/mol. The number of carbonyl (C=O) groups is 1. The second-order valence-corrected chi connectivity index (χ2v) is 5.95. The smallest absolute Gasteiger partial charge is 0.237 e. The van der Waals surface area contributed by atoms with Gasteiger partial charge in [0.25, 0.3) is 0 Å². The van der Waals surface area contributed by atoms with Gasteiger partial charge in [-0.25, -0.2) is 4.39 Å². The SMILES string of the molecule is C[C@@H](Sc1ccccc1Cl)C(=O)Nc1ccccc1F. The van der Waals surface area contributed by atoms with Crippen LogP contribution in [0.3, 0.4) is 0 Å². The number of thioether (sulfide) groups is 1. The van der Waals surface area contributed by atoms with Crippen LogP contribution in [-0.2, 0) is 4.79 Å². The molecule has 0 bridgehead atoms. The summed E-state index contributed by atoms with van der Waals surface area (Å²) in [5.41, 5.74) is 0.184. The molecule has 0 aliphatic carbocycles. The first-order valence-electron chi connectivity index (χ1n) is 6.04. The summed E-state index contributed by atoms with van der Waals surface area (Å²) in [6.07, 6.45) is 0. The molecule has 0 fully saturated rings. The van der Waals surface area contributed by atoms with Crippen molar-refractivity contribution in [2.75, 3.05) is 5.32 Å². The molecule has 1 amide bonds. The normalized spacial score (nSPS) is 11.9. The Morgan fingerprint density at radius 1 is 1.20 bits per heavy atom. The van der Waals surface area contributed by atoms with Gasteiger partial charge in [0, 0.05) is 4.90 Å². The van der Waals surface area contributed by atoms with Crippen LogP contribution in [0.5, 0.6) is 0 Å². The minimum Gasteiger partial charge on any atom is -0.323 e. The highest BCUT2D eigenvalue weighted by atomic mass is 35.5. The van der Waals surface area contributed by atoms with Crippen molar-refractivity contribution in [3.05, 3.63) is 59.4 Å². The Labute approximate surface area is 126 Å². The van der Waals surface area contributed by atoms with E-state index in [0.717, 1.165) is 4.90 Å². The Bertz CT molecular complexity index is 620. The molecule has 2 aromatic carbocycles. The number of benzene rings is 2. The molecule has 0 aliphatic rings. The molecule has 0 radical (unpaired) electrons.